The minimum absolute atomic E-state index is 0.309. The summed E-state index contributed by atoms with van der Waals surface area (Å²) >= 11 is 0. The van der Waals surface area contributed by atoms with E-state index in [1.807, 2.05) is 25.1 Å². The van der Waals surface area contributed by atoms with Crippen LogP contribution in [0.4, 0.5) is 0 Å². The molecule has 0 saturated heterocycles. The second-order valence-electron chi connectivity index (χ2n) is 5.78. The van der Waals surface area contributed by atoms with Crippen molar-refractivity contribution in [1.82, 2.24) is 14.1 Å². The maximum Gasteiger partial charge on any atom is 0.243 e. The fraction of sp³-hybridized carbons (Fsp3) is 0.471. The Bertz CT molecular complexity index is 735. The molecule has 0 bridgehead atoms. The molecule has 5 nitrogen and oxygen atoms in total. The van der Waals surface area contributed by atoms with Gasteiger partial charge in [-0.3, -0.25) is 4.68 Å². The van der Waals surface area contributed by atoms with Gasteiger partial charge >= 0.3 is 0 Å². The van der Waals surface area contributed by atoms with Crippen molar-refractivity contribution in [2.24, 2.45) is 0 Å². The molecule has 23 heavy (non-hydrogen) atoms. The lowest BCUT2D eigenvalue weighted by Crippen LogP contribution is -2.27. The molecule has 0 saturated carbocycles. The molecule has 0 radical (unpaired) electrons. The number of benzene rings is 1. The van der Waals surface area contributed by atoms with E-state index in [1.54, 1.807) is 30.1 Å². The van der Waals surface area contributed by atoms with Gasteiger partial charge in [-0.1, -0.05) is 26.0 Å². The first kappa shape index (κ1) is 17.7. The zero-order valence-electron chi connectivity index (χ0n) is 14.2. The van der Waals surface area contributed by atoms with Crippen LogP contribution in [0.15, 0.2) is 41.4 Å². The van der Waals surface area contributed by atoms with Crippen LogP contribution in [0.5, 0.6) is 0 Å². The Morgan fingerprint density at radius 3 is 2.39 bits per heavy atom. The van der Waals surface area contributed by atoms with Gasteiger partial charge in [0.05, 0.1) is 17.1 Å². The van der Waals surface area contributed by atoms with Crippen LogP contribution < -0.4 is 0 Å². The van der Waals surface area contributed by atoms with Crippen molar-refractivity contribution in [3.05, 3.63) is 47.8 Å². The number of aromatic nitrogens is 2. The summed E-state index contributed by atoms with van der Waals surface area (Å²) in [5.74, 6) is 0.434. The monoisotopic (exact) mass is 335 g/mol. The lowest BCUT2D eigenvalue weighted by atomic mass is 9.99. The second-order valence-corrected chi connectivity index (χ2v) is 7.82. The van der Waals surface area contributed by atoms with Gasteiger partial charge in [0.25, 0.3) is 0 Å². The first-order chi connectivity index (χ1) is 10.9. The van der Waals surface area contributed by atoms with E-state index in [4.69, 9.17) is 0 Å². The molecule has 0 fully saturated rings. The van der Waals surface area contributed by atoms with Gasteiger partial charge in [-0.25, -0.2) is 8.42 Å². The molecule has 126 valence electrons. The van der Waals surface area contributed by atoms with Crippen LogP contribution >= 0.6 is 0 Å². The highest BCUT2D eigenvalue weighted by Crippen LogP contribution is 2.22. The molecule has 0 aliphatic rings. The fourth-order valence-electron chi connectivity index (χ4n) is 2.48. The van der Waals surface area contributed by atoms with Crippen LogP contribution in [0, 0.1) is 0 Å². The van der Waals surface area contributed by atoms with E-state index < -0.39 is 10.0 Å². The third kappa shape index (κ3) is 3.82. The van der Waals surface area contributed by atoms with Gasteiger partial charge in [-0.2, -0.15) is 9.40 Å². The SMILES string of the molecule is CC[C@@H](C)c1ccc(S(=O)(=O)N(C)Cc2ccnn2CC)cc1. The van der Waals surface area contributed by atoms with Crippen molar-refractivity contribution in [3.63, 3.8) is 0 Å². The maximum atomic E-state index is 12.7. The lowest BCUT2D eigenvalue weighted by molar-refractivity contribution is 0.447. The van der Waals surface area contributed by atoms with Gasteiger partial charge in [0.15, 0.2) is 0 Å². The molecule has 2 rings (SSSR count). The summed E-state index contributed by atoms with van der Waals surface area (Å²) in [6.07, 6.45) is 2.73. The van der Waals surface area contributed by atoms with E-state index in [9.17, 15) is 8.42 Å². The third-order valence-corrected chi connectivity index (χ3v) is 6.08. The molecule has 0 N–H and O–H groups in total. The van der Waals surface area contributed by atoms with Crippen molar-refractivity contribution >= 4 is 10.0 Å². The van der Waals surface area contributed by atoms with Crippen LogP contribution in [-0.2, 0) is 23.1 Å². The number of aryl methyl sites for hydroxylation is 1. The summed E-state index contributed by atoms with van der Waals surface area (Å²) in [7, 11) is -1.89. The minimum Gasteiger partial charge on any atom is -0.269 e. The maximum absolute atomic E-state index is 12.7. The molecule has 1 aromatic carbocycles. The molecule has 0 aliphatic carbocycles. The Kier molecular flexibility index (Phi) is 5.59. The van der Waals surface area contributed by atoms with E-state index in [0.29, 0.717) is 17.4 Å². The highest BCUT2D eigenvalue weighted by atomic mass is 32.2. The van der Waals surface area contributed by atoms with E-state index in [1.165, 1.54) is 4.31 Å². The number of nitrogens with zero attached hydrogens (tertiary/aromatic N) is 3. The molecule has 1 aromatic heterocycles. The topological polar surface area (TPSA) is 55.2 Å². The Morgan fingerprint density at radius 1 is 1.17 bits per heavy atom. The van der Waals surface area contributed by atoms with Crippen LogP contribution in [0.1, 0.15) is 44.4 Å². The predicted octanol–water partition coefficient (Wildman–Crippen LogP) is 3.24. The summed E-state index contributed by atoms with van der Waals surface area (Å²) in [6.45, 7) is 7.28. The molecule has 0 unspecified atom stereocenters. The zero-order chi connectivity index (χ0) is 17.0. The Balaban J connectivity index is 2.20. The highest BCUT2D eigenvalue weighted by Gasteiger charge is 2.22. The number of rotatable bonds is 7. The largest absolute Gasteiger partial charge is 0.269 e. The fourth-order valence-corrected chi connectivity index (χ4v) is 3.62. The van der Waals surface area contributed by atoms with Crippen molar-refractivity contribution < 1.29 is 8.42 Å². The van der Waals surface area contributed by atoms with Crippen LogP contribution in [0.2, 0.25) is 0 Å². The molecule has 0 amide bonds. The average molecular weight is 335 g/mol. The van der Waals surface area contributed by atoms with Crippen molar-refractivity contribution in [1.29, 1.82) is 0 Å². The Labute approximate surface area is 139 Å². The van der Waals surface area contributed by atoms with Gasteiger partial charge in [0.2, 0.25) is 10.0 Å². The smallest absolute Gasteiger partial charge is 0.243 e. The summed E-state index contributed by atoms with van der Waals surface area (Å²) in [5, 5.41) is 4.18. The van der Waals surface area contributed by atoms with Gasteiger partial charge in [-0.15, -0.1) is 0 Å². The number of hydrogen-bond donors (Lipinski definition) is 0. The van der Waals surface area contributed by atoms with Gasteiger partial charge in [-0.05, 0) is 43.0 Å². The lowest BCUT2D eigenvalue weighted by Gasteiger charge is -2.18. The third-order valence-electron chi connectivity index (χ3n) is 4.26. The van der Waals surface area contributed by atoms with E-state index in [0.717, 1.165) is 24.2 Å². The molecule has 1 atom stereocenters. The summed E-state index contributed by atoms with van der Waals surface area (Å²) in [4.78, 5) is 0.328. The van der Waals surface area contributed by atoms with Crippen molar-refractivity contribution in [3.8, 4) is 0 Å². The van der Waals surface area contributed by atoms with Crippen molar-refractivity contribution in [2.75, 3.05) is 7.05 Å². The summed E-state index contributed by atoms with van der Waals surface area (Å²) < 4.78 is 28.6. The zero-order valence-corrected chi connectivity index (χ0v) is 15.0. The standard InChI is InChI=1S/C17H25N3O2S/c1-5-14(3)15-7-9-17(10-8-15)23(21,22)19(4)13-16-11-12-18-20(16)6-2/h7-12,14H,5-6,13H2,1-4H3/t14-/m1/s1. The Morgan fingerprint density at radius 2 is 1.83 bits per heavy atom. The first-order valence-corrected chi connectivity index (χ1v) is 9.41. The average Bonchev–Trinajstić information content (AvgIpc) is 3.01. The van der Waals surface area contributed by atoms with E-state index in [-0.39, 0.29) is 0 Å². The molecule has 0 aliphatic heterocycles. The van der Waals surface area contributed by atoms with Crippen LogP contribution in [0.25, 0.3) is 0 Å². The quantitative estimate of drug-likeness (QED) is 0.780. The molecule has 0 spiro atoms. The van der Waals surface area contributed by atoms with Gasteiger partial charge in [0, 0.05) is 19.8 Å². The van der Waals surface area contributed by atoms with Crippen molar-refractivity contribution in [2.45, 2.75) is 51.1 Å². The molecular weight excluding hydrogens is 310 g/mol. The van der Waals surface area contributed by atoms with Gasteiger partial charge in [0.1, 0.15) is 0 Å². The molecular formula is C17H25N3O2S. The van der Waals surface area contributed by atoms with Crippen LogP contribution in [0.3, 0.4) is 0 Å². The van der Waals surface area contributed by atoms with Gasteiger partial charge < -0.3 is 0 Å². The second kappa shape index (κ2) is 7.27. The van der Waals surface area contributed by atoms with E-state index in [2.05, 4.69) is 18.9 Å². The first-order valence-electron chi connectivity index (χ1n) is 7.97. The van der Waals surface area contributed by atoms with E-state index >= 15 is 0 Å². The summed E-state index contributed by atoms with van der Waals surface area (Å²) in [6, 6.07) is 9.06. The number of hydrogen-bond acceptors (Lipinski definition) is 3. The number of sulfonamides is 1. The molecule has 2 aromatic rings. The molecule has 6 heteroatoms. The predicted molar refractivity (Wildman–Crippen MR) is 91.7 cm³/mol. The molecule has 1 heterocycles. The summed E-state index contributed by atoms with van der Waals surface area (Å²) in [5.41, 5.74) is 2.05. The highest BCUT2D eigenvalue weighted by molar-refractivity contribution is 7.89. The minimum atomic E-state index is -3.50. The normalized spacial score (nSPS) is 13.4. The Hall–Kier alpha value is -1.66. The van der Waals surface area contributed by atoms with Crippen LogP contribution in [-0.4, -0.2) is 29.6 Å².